The van der Waals surface area contributed by atoms with Gasteiger partial charge in [-0.15, -0.1) is 0 Å². The molecule has 2 heterocycles. The Morgan fingerprint density at radius 1 is 1.40 bits per heavy atom. The van der Waals surface area contributed by atoms with Crippen LogP contribution in [0.5, 0.6) is 0 Å². The van der Waals surface area contributed by atoms with E-state index < -0.39 is 5.92 Å². The number of carbonyl (C=O) groups excluding carboxylic acids is 2. The Morgan fingerprint density at radius 3 is 2.88 bits per heavy atom. The fraction of sp³-hybridized carbons (Fsp3) is 0.421. The van der Waals surface area contributed by atoms with Crippen LogP contribution < -0.4 is 10.6 Å². The van der Waals surface area contributed by atoms with E-state index in [1.165, 1.54) is 0 Å². The first-order valence-corrected chi connectivity index (χ1v) is 8.61. The lowest BCUT2D eigenvalue weighted by molar-refractivity contribution is -0.126. The van der Waals surface area contributed by atoms with Crippen molar-refractivity contribution < 1.29 is 9.59 Å². The van der Waals surface area contributed by atoms with Gasteiger partial charge >= 0.3 is 0 Å². The molecule has 0 spiro atoms. The molecule has 0 unspecified atom stereocenters. The Hall–Kier alpha value is -2.63. The van der Waals surface area contributed by atoms with E-state index in [0.717, 1.165) is 29.2 Å². The Bertz CT molecular complexity index is 796. The van der Waals surface area contributed by atoms with Gasteiger partial charge in [-0.05, 0) is 37.5 Å². The summed E-state index contributed by atoms with van der Waals surface area (Å²) in [7, 11) is 0. The quantitative estimate of drug-likeness (QED) is 0.877. The fourth-order valence-corrected chi connectivity index (χ4v) is 3.26. The molecule has 1 aliphatic rings. The molecule has 132 valence electrons. The predicted molar refractivity (Wildman–Crippen MR) is 96.3 cm³/mol. The molecule has 2 aromatic rings. The van der Waals surface area contributed by atoms with Gasteiger partial charge in [-0.1, -0.05) is 25.1 Å². The molecule has 0 radical (unpaired) electrons. The van der Waals surface area contributed by atoms with Crippen LogP contribution in [0.2, 0.25) is 0 Å². The number of rotatable bonds is 5. The number of benzene rings is 1. The molecule has 1 aromatic carbocycles. The molecule has 0 aliphatic carbocycles. The Morgan fingerprint density at radius 2 is 2.16 bits per heavy atom. The number of carbonyl (C=O) groups is 2. The van der Waals surface area contributed by atoms with E-state index in [1.54, 1.807) is 0 Å². The molecule has 1 aliphatic heterocycles. The highest BCUT2D eigenvalue weighted by atomic mass is 16.2. The number of hydrogen-bond donors (Lipinski definition) is 2. The molecule has 0 saturated carbocycles. The van der Waals surface area contributed by atoms with Gasteiger partial charge in [0, 0.05) is 30.9 Å². The molecular weight excluding hydrogens is 316 g/mol. The van der Waals surface area contributed by atoms with E-state index in [2.05, 4.69) is 22.7 Å². The lowest BCUT2D eigenvalue weighted by Crippen LogP contribution is -2.37. The van der Waals surface area contributed by atoms with Crippen LogP contribution in [0.4, 0.5) is 5.69 Å². The predicted octanol–water partition coefficient (Wildman–Crippen LogP) is 2.38. The van der Waals surface area contributed by atoms with Gasteiger partial charge in [-0.25, -0.2) is 0 Å². The van der Waals surface area contributed by atoms with Gasteiger partial charge in [0.05, 0.1) is 11.6 Å². The highest BCUT2D eigenvalue weighted by Gasteiger charge is 2.30. The van der Waals surface area contributed by atoms with Crippen molar-refractivity contribution in [2.75, 3.05) is 11.9 Å². The molecule has 2 N–H and O–H groups in total. The number of nitrogens with zero attached hydrogens (tertiary/aromatic N) is 2. The average molecular weight is 340 g/mol. The lowest BCUT2D eigenvalue weighted by Gasteiger charge is -2.25. The second-order valence-corrected chi connectivity index (χ2v) is 6.85. The summed E-state index contributed by atoms with van der Waals surface area (Å²) >= 11 is 0. The van der Waals surface area contributed by atoms with Crippen molar-refractivity contribution in [2.45, 2.75) is 39.7 Å². The smallest absolute Gasteiger partial charge is 0.228 e. The molecule has 6 nitrogen and oxygen atoms in total. The minimum Gasteiger partial charge on any atom is -0.355 e. The summed E-state index contributed by atoms with van der Waals surface area (Å²) < 4.78 is 1.97. The topological polar surface area (TPSA) is 76.0 Å². The van der Waals surface area contributed by atoms with Crippen LogP contribution in [0.15, 0.2) is 30.3 Å². The second-order valence-electron chi connectivity index (χ2n) is 6.85. The van der Waals surface area contributed by atoms with Crippen LogP contribution in [-0.2, 0) is 16.1 Å². The van der Waals surface area contributed by atoms with Gasteiger partial charge in [-0.3, -0.25) is 14.3 Å². The van der Waals surface area contributed by atoms with Crippen LogP contribution in [-0.4, -0.2) is 28.1 Å². The zero-order valence-corrected chi connectivity index (χ0v) is 14.9. The van der Waals surface area contributed by atoms with Crippen molar-refractivity contribution >= 4 is 17.5 Å². The average Bonchev–Trinajstić information content (AvgIpc) is 2.89. The normalized spacial score (nSPS) is 17.6. The minimum absolute atomic E-state index is 0.0949. The number of anilines is 1. The van der Waals surface area contributed by atoms with Crippen molar-refractivity contribution in [2.24, 2.45) is 5.92 Å². The second kappa shape index (κ2) is 7.09. The maximum atomic E-state index is 12.6. The summed E-state index contributed by atoms with van der Waals surface area (Å²) in [6.45, 7) is 7.39. The lowest BCUT2D eigenvalue weighted by atomic mass is 9.89. The van der Waals surface area contributed by atoms with Crippen molar-refractivity contribution in [1.29, 1.82) is 0 Å². The van der Waals surface area contributed by atoms with Crippen LogP contribution in [0.1, 0.15) is 36.2 Å². The first-order valence-electron chi connectivity index (χ1n) is 8.61. The monoisotopic (exact) mass is 340 g/mol. The molecule has 2 amide bonds. The Labute approximate surface area is 147 Å². The third-order valence-electron chi connectivity index (χ3n) is 4.53. The number of aromatic nitrogens is 2. The van der Waals surface area contributed by atoms with E-state index >= 15 is 0 Å². The zero-order chi connectivity index (χ0) is 18.0. The van der Waals surface area contributed by atoms with Crippen molar-refractivity contribution in [3.8, 4) is 0 Å². The third kappa shape index (κ3) is 3.90. The summed E-state index contributed by atoms with van der Waals surface area (Å²) in [5.41, 5.74) is 3.73. The summed E-state index contributed by atoms with van der Waals surface area (Å²) in [5, 5.41) is 10.3. The molecular formula is C19H24N4O2. The number of hydrogen-bond acceptors (Lipinski definition) is 3. The number of fused-ring (bicyclic) bond motifs is 1. The van der Waals surface area contributed by atoms with Gasteiger partial charge in [0.2, 0.25) is 11.8 Å². The molecule has 0 bridgehead atoms. The molecule has 25 heavy (non-hydrogen) atoms. The molecule has 6 heteroatoms. The molecule has 1 aromatic heterocycles. The first kappa shape index (κ1) is 17.2. The van der Waals surface area contributed by atoms with Crippen LogP contribution >= 0.6 is 0 Å². The highest BCUT2D eigenvalue weighted by Crippen LogP contribution is 2.31. The van der Waals surface area contributed by atoms with E-state index in [-0.39, 0.29) is 24.2 Å². The number of para-hydroxylation sites is 1. The van der Waals surface area contributed by atoms with Crippen molar-refractivity contribution in [3.05, 3.63) is 47.3 Å². The standard InChI is InChI=1S/C19H24N4O2/c1-12(11-23-14(3)8-13(2)22-23)10-20-19(25)16-9-18(24)21-17-7-5-4-6-15(16)17/h4-8,12,16H,9-11H2,1-3H3,(H,20,25)(H,21,24)/t12-,16+/m1/s1. The zero-order valence-electron chi connectivity index (χ0n) is 14.9. The van der Waals surface area contributed by atoms with Gasteiger partial charge < -0.3 is 10.6 Å². The maximum absolute atomic E-state index is 12.6. The third-order valence-corrected chi connectivity index (χ3v) is 4.53. The van der Waals surface area contributed by atoms with E-state index in [1.807, 2.05) is 48.9 Å². The Kier molecular flexibility index (Phi) is 4.88. The van der Waals surface area contributed by atoms with Gasteiger partial charge in [-0.2, -0.15) is 5.10 Å². The van der Waals surface area contributed by atoms with E-state index in [4.69, 9.17) is 0 Å². The van der Waals surface area contributed by atoms with Crippen molar-refractivity contribution in [3.63, 3.8) is 0 Å². The SMILES string of the molecule is Cc1cc(C)n(C[C@H](C)CNC(=O)[C@H]2CC(=O)Nc3ccccc32)n1. The van der Waals surface area contributed by atoms with Gasteiger partial charge in [0.1, 0.15) is 0 Å². The summed E-state index contributed by atoms with van der Waals surface area (Å²) in [6.07, 6.45) is 0.189. The van der Waals surface area contributed by atoms with E-state index in [0.29, 0.717) is 6.54 Å². The maximum Gasteiger partial charge on any atom is 0.228 e. The summed E-state index contributed by atoms with van der Waals surface area (Å²) in [6, 6.07) is 9.53. The van der Waals surface area contributed by atoms with Crippen LogP contribution in [0.25, 0.3) is 0 Å². The van der Waals surface area contributed by atoms with Crippen molar-refractivity contribution in [1.82, 2.24) is 15.1 Å². The van der Waals surface area contributed by atoms with Gasteiger partial charge in [0.15, 0.2) is 0 Å². The molecule has 0 saturated heterocycles. The molecule has 0 fully saturated rings. The largest absolute Gasteiger partial charge is 0.355 e. The highest BCUT2D eigenvalue weighted by molar-refractivity contribution is 6.01. The van der Waals surface area contributed by atoms with Gasteiger partial charge in [0.25, 0.3) is 0 Å². The molecule has 2 atom stereocenters. The Balaban J connectivity index is 1.61. The number of amides is 2. The van der Waals surface area contributed by atoms with Crippen LogP contribution in [0, 0.1) is 19.8 Å². The van der Waals surface area contributed by atoms with E-state index in [9.17, 15) is 9.59 Å². The molecule has 3 rings (SSSR count). The first-order chi connectivity index (χ1) is 11.9. The fourth-order valence-electron chi connectivity index (χ4n) is 3.26. The van der Waals surface area contributed by atoms with Crippen LogP contribution in [0.3, 0.4) is 0 Å². The minimum atomic E-state index is -0.425. The number of aryl methyl sites for hydroxylation is 2. The summed E-state index contributed by atoms with van der Waals surface area (Å²) in [5.74, 6) is -0.391. The summed E-state index contributed by atoms with van der Waals surface area (Å²) in [4.78, 5) is 24.5. The number of nitrogens with one attached hydrogen (secondary N) is 2.